The SMILES string of the molecule is Cc1nn(-c2ccccc2)c(C)c1CC(=O)N1C[C@H](O)CO1. The topological polar surface area (TPSA) is 67.6 Å². The van der Waals surface area contributed by atoms with E-state index in [9.17, 15) is 9.90 Å². The minimum atomic E-state index is -0.599. The molecule has 0 bridgehead atoms. The van der Waals surface area contributed by atoms with E-state index in [0.717, 1.165) is 22.6 Å². The summed E-state index contributed by atoms with van der Waals surface area (Å²) in [6.45, 7) is 4.25. The van der Waals surface area contributed by atoms with Gasteiger partial charge in [0.1, 0.15) is 6.61 Å². The maximum Gasteiger partial charge on any atom is 0.250 e. The molecule has 1 aliphatic rings. The van der Waals surface area contributed by atoms with Crippen molar-refractivity contribution in [2.45, 2.75) is 26.4 Å². The Balaban J connectivity index is 1.83. The highest BCUT2D eigenvalue weighted by atomic mass is 16.7. The van der Waals surface area contributed by atoms with Crippen molar-refractivity contribution < 1.29 is 14.7 Å². The van der Waals surface area contributed by atoms with Crippen molar-refractivity contribution in [3.8, 4) is 5.69 Å². The number of carbonyl (C=O) groups is 1. The van der Waals surface area contributed by atoms with Crippen molar-refractivity contribution in [3.63, 3.8) is 0 Å². The Morgan fingerprint density at radius 3 is 2.73 bits per heavy atom. The van der Waals surface area contributed by atoms with Gasteiger partial charge in [-0.25, -0.2) is 9.75 Å². The second-order valence-corrected chi connectivity index (χ2v) is 5.48. The lowest BCUT2D eigenvalue weighted by molar-refractivity contribution is -0.167. The van der Waals surface area contributed by atoms with Gasteiger partial charge in [0, 0.05) is 11.3 Å². The van der Waals surface area contributed by atoms with E-state index >= 15 is 0 Å². The molecule has 0 radical (unpaired) electrons. The number of β-amino-alcohol motifs (C(OH)–C–C–N with tert-alkyl or cyclic N) is 1. The molecule has 2 aromatic rings. The molecule has 2 heterocycles. The largest absolute Gasteiger partial charge is 0.389 e. The molecule has 1 N–H and O–H groups in total. The molecule has 0 spiro atoms. The van der Waals surface area contributed by atoms with E-state index in [1.54, 1.807) is 0 Å². The first kappa shape index (κ1) is 14.7. The van der Waals surface area contributed by atoms with Gasteiger partial charge in [-0.1, -0.05) is 18.2 Å². The molecule has 3 rings (SSSR count). The normalized spacial score (nSPS) is 18.0. The van der Waals surface area contributed by atoms with Crippen LogP contribution < -0.4 is 0 Å². The quantitative estimate of drug-likeness (QED) is 0.924. The van der Waals surface area contributed by atoms with Crippen molar-refractivity contribution in [2.75, 3.05) is 13.2 Å². The summed E-state index contributed by atoms with van der Waals surface area (Å²) >= 11 is 0. The zero-order chi connectivity index (χ0) is 15.7. The van der Waals surface area contributed by atoms with Crippen LogP contribution in [-0.4, -0.2) is 45.1 Å². The van der Waals surface area contributed by atoms with Crippen LogP contribution in [0.5, 0.6) is 0 Å². The summed E-state index contributed by atoms with van der Waals surface area (Å²) in [5, 5.41) is 15.2. The molecule has 22 heavy (non-hydrogen) atoms. The molecule has 6 nitrogen and oxygen atoms in total. The van der Waals surface area contributed by atoms with E-state index in [4.69, 9.17) is 4.84 Å². The van der Waals surface area contributed by atoms with Gasteiger partial charge in [0.25, 0.3) is 5.91 Å². The summed E-state index contributed by atoms with van der Waals surface area (Å²) in [7, 11) is 0. The van der Waals surface area contributed by atoms with Gasteiger partial charge in [-0.3, -0.25) is 9.63 Å². The average molecular weight is 301 g/mol. The highest BCUT2D eigenvalue weighted by Crippen LogP contribution is 2.19. The van der Waals surface area contributed by atoms with Crippen molar-refractivity contribution >= 4 is 5.91 Å². The standard InChI is InChI=1S/C16H19N3O3/c1-11-15(8-16(21)18-9-14(20)10-22-18)12(2)19(17-11)13-6-4-3-5-7-13/h3-7,14,20H,8-10H2,1-2H3/t14-/m0/s1. The van der Waals surface area contributed by atoms with Gasteiger partial charge in [-0.15, -0.1) is 0 Å². The van der Waals surface area contributed by atoms with E-state index in [0.29, 0.717) is 0 Å². The third-order valence-corrected chi connectivity index (χ3v) is 3.85. The zero-order valence-electron chi connectivity index (χ0n) is 12.7. The van der Waals surface area contributed by atoms with E-state index in [1.165, 1.54) is 5.06 Å². The van der Waals surface area contributed by atoms with Crippen LogP contribution >= 0.6 is 0 Å². The van der Waals surface area contributed by atoms with E-state index in [2.05, 4.69) is 5.10 Å². The summed E-state index contributed by atoms with van der Waals surface area (Å²) in [6.07, 6.45) is -0.379. The van der Waals surface area contributed by atoms with Crippen LogP contribution in [0.1, 0.15) is 17.0 Å². The average Bonchev–Trinajstić information content (AvgIpc) is 3.07. The van der Waals surface area contributed by atoms with Gasteiger partial charge in [0.2, 0.25) is 0 Å². The second-order valence-electron chi connectivity index (χ2n) is 5.48. The maximum absolute atomic E-state index is 12.3. The maximum atomic E-state index is 12.3. The number of amides is 1. The summed E-state index contributed by atoms with van der Waals surface area (Å²) < 4.78 is 1.84. The van der Waals surface area contributed by atoms with Gasteiger partial charge in [0.15, 0.2) is 0 Å². The summed E-state index contributed by atoms with van der Waals surface area (Å²) in [5.74, 6) is -0.157. The number of benzene rings is 1. The monoisotopic (exact) mass is 301 g/mol. The lowest BCUT2D eigenvalue weighted by Gasteiger charge is -2.13. The summed E-state index contributed by atoms with van der Waals surface area (Å²) in [6, 6.07) is 9.82. The highest BCUT2D eigenvalue weighted by Gasteiger charge is 2.27. The van der Waals surface area contributed by atoms with Crippen molar-refractivity contribution in [1.82, 2.24) is 14.8 Å². The van der Waals surface area contributed by atoms with Crippen molar-refractivity contribution in [1.29, 1.82) is 0 Å². The Bertz CT molecular complexity index is 681. The Labute approximate surface area is 128 Å². The number of hydrogen-bond acceptors (Lipinski definition) is 4. The molecule has 0 saturated carbocycles. The molecule has 116 valence electrons. The van der Waals surface area contributed by atoms with E-state index in [-0.39, 0.29) is 25.5 Å². The Hall–Kier alpha value is -2.18. The smallest absolute Gasteiger partial charge is 0.250 e. The molecule has 1 amide bonds. The van der Waals surface area contributed by atoms with Crippen LogP contribution in [0.25, 0.3) is 5.69 Å². The number of rotatable bonds is 3. The fourth-order valence-electron chi connectivity index (χ4n) is 2.64. The van der Waals surface area contributed by atoms with Crippen LogP contribution in [0, 0.1) is 13.8 Å². The minimum absolute atomic E-state index is 0.157. The first-order chi connectivity index (χ1) is 10.6. The summed E-state index contributed by atoms with van der Waals surface area (Å²) in [4.78, 5) is 17.4. The van der Waals surface area contributed by atoms with Gasteiger partial charge in [0.05, 0.1) is 30.5 Å². The molecule has 1 aromatic carbocycles. The fraction of sp³-hybridized carbons (Fsp3) is 0.375. The number of nitrogens with zero attached hydrogens (tertiary/aromatic N) is 3. The van der Waals surface area contributed by atoms with Crippen molar-refractivity contribution in [2.24, 2.45) is 0 Å². The minimum Gasteiger partial charge on any atom is -0.389 e. The molecule has 1 aromatic heterocycles. The molecule has 1 aliphatic heterocycles. The zero-order valence-corrected chi connectivity index (χ0v) is 12.7. The number of aliphatic hydroxyl groups excluding tert-OH is 1. The van der Waals surface area contributed by atoms with Crippen LogP contribution in [0.2, 0.25) is 0 Å². The number of aryl methyl sites for hydroxylation is 1. The lowest BCUT2D eigenvalue weighted by Crippen LogP contribution is -2.30. The molecular weight excluding hydrogens is 282 g/mol. The van der Waals surface area contributed by atoms with Crippen LogP contribution in [0.15, 0.2) is 30.3 Å². The van der Waals surface area contributed by atoms with Crippen molar-refractivity contribution in [3.05, 3.63) is 47.3 Å². The predicted octanol–water partition coefficient (Wildman–Crippen LogP) is 1.17. The highest BCUT2D eigenvalue weighted by molar-refractivity contribution is 5.78. The molecular formula is C16H19N3O3. The van der Waals surface area contributed by atoms with Gasteiger partial charge in [-0.05, 0) is 26.0 Å². The van der Waals surface area contributed by atoms with E-state index < -0.39 is 6.10 Å². The Morgan fingerprint density at radius 1 is 1.36 bits per heavy atom. The van der Waals surface area contributed by atoms with Crippen LogP contribution in [0.4, 0.5) is 0 Å². The number of aromatic nitrogens is 2. The second kappa shape index (κ2) is 5.90. The third-order valence-electron chi connectivity index (χ3n) is 3.85. The molecule has 1 saturated heterocycles. The first-order valence-electron chi connectivity index (χ1n) is 7.28. The lowest BCUT2D eigenvalue weighted by atomic mass is 10.1. The van der Waals surface area contributed by atoms with Gasteiger partial charge < -0.3 is 5.11 Å². The van der Waals surface area contributed by atoms with Gasteiger partial charge in [-0.2, -0.15) is 5.10 Å². The number of para-hydroxylation sites is 1. The number of hydroxylamine groups is 2. The molecule has 6 heteroatoms. The Kier molecular flexibility index (Phi) is 3.96. The molecule has 1 atom stereocenters. The van der Waals surface area contributed by atoms with E-state index in [1.807, 2.05) is 48.9 Å². The van der Waals surface area contributed by atoms with Crippen LogP contribution in [-0.2, 0) is 16.1 Å². The first-order valence-corrected chi connectivity index (χ1v) is 7.28. The summed E-state index contributed by atoms with van der Waals surface area (Å²) in [5.41, 5.74) is 3.64. The molecule has 0 unspecified atom stereocenters. The molecule has 1 fully saturated rings. The number of aliphatic hydroxyl groups is 1. The Morgan fingerprint density at radius 2 is 2.09 bits per heavy atom. The fourth-order valence-corrected chi connectivity index (χ4v) is 2.64. The predicted molar refractivity (Wildman–Crippen MR) is 80.4 cm³/mol. The number of hydrogen-bond donors (Lipinski definition) is 1. The van der Waals surface area contributed by atoms with Crippen LogP contribution in [0.3, 0.4) is 0 Å². The third kappa shape index (κ3) is 2.75. The molecule has 0 aliphatic carbocycles. The number of carbonyl (C=O) groups excluding carboxylic acids is 1. The van der Waals surface area contributed by atoms with Gasteiger partial charge >= 0.3 is 0 Å².